The van der Waals surface area contributed by atoms with Gasteiger partial charge >= 0.3 is 0 Å². The van der Waals surface area contributed by atoms with Gasteiger partial charge in [-0.3, -0.25) is 0 Å². The van der Waals surface area contributed by atoms with Gasteiger partial charge in [-0.1, -0.05) is 39.8 Å². The van der Waals surface area contributed by atoms with E-state index in [-0.39, 0.29) is 5.82 Å². The van der Waals surface area contributed by atoms with Gasteiger partial charge in [-0.05, 0) is 25.5 Å². The highest BCUT2D eigenvalue weighted by molar-refractivity contribution is 7.19. The van der Waals surface area contributed by atoms with Gasteiger partial charge in [0.15, 0.2) is 0 Å². The molecule has 0 N–H and O–H groups in total. The Hall–Kier alpha value is -0.890. The van der Waals surface area contributed by atoms with Crippen LogP contribution in [0.25, 0.3) is 10.1 Å². The molecule has 2 aromatic rings. The number of halogens is 1. The monoisotopic (exact) mass is 240 g/mol. The van der Waals surface area contributed by atoms with Crippen LogP contribution >= 0.6 is 11.3 Å². The van der Waals surface area contributed by atoms with E-state index in [1.54, 1.807) is 0 Å². The Bertz CT molecular complexity index is 429. The van der Waals surface area contributed by atoms with Crippen LogP contribution in [0.3, 0.4) is 0 Å². The van der Waals surface area contributed by atoms with Gasteiger partial charge in [-0.25, -0.2) is 4.39 Å². The molecular formula is C14H21FS. The molecule has 0 unspecified atom stereocenters. The summed E-state index contributed by atoms with van der Waals surface area (Å²) in [7, 11) is 0. The average Bonchev–Trinajstić information content (AvgIpc) is 2.60. The van der Waals surface area contributed by atoms with E-state index in [9.17, 15) is 4.39 Å². The Balaban J connectivity index is 0.000000509. The molecule has 0 spiro atoms. The average molecular weight is 240 g/mol. The second-order valence-corrected chi connectivity index (χ2v) is 4.23. The lowest BCUT2D eigenvalue weighted by Crippen LogP contribution is -1.72. The van der Waals surface area contributed by atoms with Gasteiger partial charge in [0.05, 0.1) is 0 Å². The molecule has 0 amide bonds. The third-order valence-corrected chi connectivity index (χ3v) is 2.99. The van der Waals surface area contributed by atoms with Crippen LogP contribution in [0.2, 0.25) is 0 Å². The summed E-state index contributed by atoms with van der Waals surface area (Å²) >= 11 is 1.52. The number of benzene rings is 1. The maximum absolute atomic E-state index is 13.3. The molecule has 0 bridgehead atoms. The summed E-state index contributed by atoms with van der Waals surface area (Å²) in [6, 6.07) is 5.82. The first-order chi connectivity index (χ1) is 7.68. The van der Waals surface area contributed by atoms with Crippen molar-refractivity contribution in [3.63, 3.8) is 0 Å². The Kier molecular flexibility index (Phi) is 6.98. The maximum atomic E-state index is 13.3. The van der Waals surface area contributed by atoms with Crippen molar-refractivity contribution < 1.29 is 4.39 Å². The third-order valence-electron chi connectivity index (χ3n) is 1.95. The van der Waals surface area contributed by atoms with E-state index >= 15 is 0 Å². The molecule has 0 aliphatic heterocycles. The molecule has 1 aromatic carbocycles. The van der Waals surface area contributed by atoms with Crippen LogP contribution in [0, 0.1) is 19.7 Å². The molecule has 0 fully saturated rings. The zero-order chi connectivity index (χ0) is 12.7. The summed E-state index contributed by atoms with van der Waals surface area (Å²) in [5.74, 6) is -0.0602. The van der Waals surface area contributed by atoms with Gasteiger partial charge < -0.3 is 0 Å². The van der Waals surface area contributed by atoms with Crippen LogP contribution in [0.15, 0.2) is 18.2 Å². The molecule has 90 valence electrons. The lowest BCUT2D eigenvalue weighted by molar-refractivity contribution is 0.636. The second-order valence-electron chi connectivity index (χ2n) is 2.97. The van der Waals surface area contributed by atoms with E-state index in [1.807, 2.05) is 59.7 Å². The Morgan fingerprint density at radius 1 is 1.00 bits per heavy atom. The van der Waals surface area contributed by atoms with Crippen molar-refractivity contribution in [1.29, 1.82) is 0 Å². The predicted molar refractivity (Wildman–Crippen MR) is 74.0 cm³/mol. The molecule has 0 aliphatic rings. The van der Waals surface area contributed by atoms with E-state index in [0.29, 0.717) is 0 Å². The van der Waals surface area contributed by atoms with E-state index in [1.165, 1.54) is 16.9 Å². The molecule has 0 aliphatic carbocycles. The molecule has 2 rings (SSSR count). The molecule has 0 radical (unpaired) electrons. The molecule has 16 heavy (non-hydrogen) atoms. The number of aryl methyl sites for hydroxylation is 2. The van der Waals surface area contributed by atoms with Gasteiger partial charge in [-0.2, -0.15) is 0 Å². The van der Waals surface area contributed by atoms with Crippen LogP contribution in [0.1, 0.15) is 38.1 Å². The molecule has 0 nitrogen and oxygen atoms in total. The summed E-state index contributed by atoms with van der Waals surface area (Å²) in [4.78, 5) is 0.774. The summed E-state index contributed by atoms with van der Waals surface area (Å²) in [6.45, 7) is 11.8. The first-order valence-corrected chi connectivity index (χ1v) is 6.65. The molecule has 0 saturated heterocycles. The maximum Gasteiger partial charge on any atom is 0.144 e. The van der Waals surface area contributed by atoms with Crippen LogP contribution < -0.4 is 0 Å². The van der Waals surface area contributed by atoms with Crippen molar-refractivity contribution >= 4 is 21.4 Å². The minimum absolute atomic E-state index is 0.0602. The van der Waals surface area contributed by atoms with Crippen LogP contribution in [-0.4, -0.2) is 0 Å². The summed E-state index contributed by atoms with van der Waals surface area (Å²) in [5, 5.41) is 0.753. The number of thiophene rings is 1. The van der Waals surface area contributed by atoms with Crippen LogP contribution in [0.4, 0.5) is 4.39 Å². The Labute approximate surface area is 102 Å². The van der Waals surface area contributed by atoms with Gasteiger partial charge in [0, 0.05) is 15.0 Å². The van der Waals surface area contributed by atoms with E-state index in [4.69, 9.17) is 0 Å². The fourth-order valence-electron chi connectivity index (χ4n) is 1.29. The molecule has 2 heteroatoms. The van der Waals surface area contributed by atoms with Crippen molar-refractivity contribution in [1.82, 2.24) is 0 Å². The highest BCUT2D eigenvalue weighted by atomic mass is 32.1. The van der Waals surface area contributed by atoms with Crippen molar-refractivity contribution in [2.24, 2.45) is 0 Å². The van der Waals surface area contributed by atoms with Crippen molar-refractivity contribution in [3.8, 4) is 0 Å². The fourth-order valence-corrected chi connectivity index (χ4v) is 2.34. The van der Waals surface area contributed by atoms with Crippen molar-refractivity contribution in [2.75, 3.05) is 0 Å². The summed E-state index contributed by atoms with van der Waals surface area (Å²) in [6.07, 6.45) is 0. The van der Waals surface area contributed by atoms with Gasteiger partial charge in [0.2, 0.25) is 0 Å². The zero-order valence-electron chi connectivity index (χ0n) is 11.0. The molecule has 0 saturated carbocycles. The van der Waals surface area contributed by atoms with Gasteiger partial charge in [-0.15, -0.1) is 11.3 Å². The van der Waals surface area contributed by atoms with Crippen LogP contribution in [0.5, 0.6) is 0 Å². The number of rotatable bonds is 0. The predicted octanol–water partition coefficient (Wildman–Crippen LogP) is 5.71. The molecular weight excluding hydrogens is 219 g/mol. The zero-order valence-corrected chi connectivity index (χ0v) is 11.8. The first kappa shape index (κ1) is 15.1. The smallest absolute Gasteiger partial charge is 0.144 e. The fraction of sp³-hybridized carbons (Fsp3) is 0.429. The van der Waals surface area contributed by atoms with E-state index in [0.717, 1.165) is 15.0 Å². The van der Waals surface area contributed by atoms with Gasteiger partial charge in [0.25, 0.3) is 0 Å². The van der Waals surface area contributed by atoms with Crippen molar-refractivity contribution in [2.45, 2.75) is 41.5 Å². The summed E-state index contributed by atoms with van der Waals surface area (Å²) in [5.41, 5.74) is 1.18. The highest BCUT2D eigenvalue weighted by Crippen LogP contribution is 2.29. The SMILES string of the molecule is CC.CC.Cc1ccc2c(F)c(C)sc2c1. The topological polar surface area (TPSA) is 0 Å². The Morgan fingerprint density at radius 2 is 1.56 bits per heavy atom. The molecule has 1 heterocycles. The molecule has 1 aromatic heterocycles. The van der Waals surface area contributed by atoms with Gasteiger partial charge in [0.1, 0.15) is 5.82 Å². The van der Waals surface area contributed by atoms with E-state index < -0.39 is 0 Å². The van der Waals surface area contributed by atoms with Crippen molar-refractivity contribution in [3.05, 3.63) is 34.5 Å². The standard InChI is InChI=1S/C10H9FS.2C2H6/c1-6-3-4-8-9(5-6)12-7(2)10(8)11;2*1-2/h3-5H,1-2H3;2*1-2H3. The largest absolute Gasteiger partial charge is 0.205 e. The van der Waals surface area contributed by atoms with Crippen LogP contribution in [-0.2, 0) is 0 Å². The lowest BCUT2D eigenvalue weighted by Gasteiger charge is -1.91. The number of fused-ring (bicyclic) bond motifs is 1. The summed E-state index contributed by atoms with van der Waals surface area (Å²) < 4.78 is 14.3. The minimum atomic E-state index is -0.0602. The third kappa shape index (κ3) is 3.31. The quantitative estimate of drug-likeness (QED) is 0.553. The minimum Gasteiger partial charge on any atom is -0.205 e. The van der Waals surface area contributed by atoms with E-state index in [2.05, 4.69) is 0 Å². The number of hydrogen-bond acceptors (Lipinski definition) is 1. The Morgan fingerprint density at radius 3 is 2.12 bits per heavy atom. The number of hydrogen-bond donors (Lipinski definition) is 0. The second kappa shape index (κ2) is 7.39. The lowest BCUT2D eigenvalue weighted by atomic mass is 10.2. The normalized spacial score (nSPS) is 8.94. The highest BCUT2D eigenvalue weighted by Gasteiger charge is 2.06. The molecule has 0 atom stereocenters. The first-order valence-electron chi connectivity index (χ1n) is 5.84.